The van der Waals surface area contributed by atoms with Crippen LogP contribution in [0.3, 0.4) is 0 Å². The summed E-state index contributed by atoms with van der Waals surface area (Å²) in [5, 5.41) is 9.36. The van der Waals surface area contributed by atoms with Crippen LogP contribution in [0.2, 0.25) is 0 Å². The number of carbonyl (C=O) groups is 1. The Kier molecular flexibility index (Phi) is 9.84. The Morgan fingerprint density at radius 3 is 1.89 bits per heavy atom. The van der Waals surface area contributed by atoms with Crippen LogP contribution in [0, 0.1) is 0 Å². The number of alkyl halides is 3. The van der Waals surface area contributed by atoms with E-state index in [1.54, 1.807) is 41.9 Å². The second-order valence-corrected chi connectivity index (χ2v) is 12.5. The molecule has 2 aromatic carbocycles. The van der Waals surface area contributed by atoms with Gasteiger partial charge in [-0.1, -0.05) is 36.4 Å². The Morgan fingerprint density at radius 2 is 1.46 bits per heavy atom. The SMILES string of the molecule is CC(C)(C)N1CCC(C(=O)NO)(S(=O)(=O)c2ccc(-c3ccc(CCCC(F)(F)F)cc3)cc2)CC1.Cl. The zero-order valence-corrected chi connectivity index (χ0v) is 22.8. The largest absolute Gasteiger partial charge is 0.389 e. The van der Waals surface area contributed by atoms with E-state index in [2.05, 4.69) is 4.90 Å². The first-order valence-corrected chi connectivity index (χ1v) is 13.4. The lowest BCUT2D eigenvalue weighted by Crippen LogP contribution is -2.60. The van der Waals surface area contributed by atoms with Gasteiger partial charge in [0.2, 0.25) is 0 Å². The summed E-state index contributed by atoms with van der Waals surface area (Å²) in [7, 11) is -4.12. The second kappa shape index (κ2) is 11.7. The van der Waals surface area contributed by atoms with Gasteiger partial charge in [-0.25, -0.2) is 13.9 Å². The first-order valence-electron chi connectivity index (χ1n) is 11.9. The number of amides is 1. The van der Waals surface area contributed by atoms with Crippen LogP contribution in [0.1, 0.15) is 52.0 Å². The summed E-state index contributed by atoms with van der Waals surface area (Å²) in [5.74, 6) is -0.929. The van der Waals surface area contributed by atoms with E-state index < -0.39 is 33.1 Å². The molecule has 3 rings (SSSR count). The molecule has 0 unspecified atom stereocenters. The normalized spacial score (nSPS) is 16.6. The van der Waals surface area contributed by atoms with Crippen LogP contribution in [0.25, 0.3) is 11.1 Å². The third-order valence-electron chi connectivity index (χ3n) is 6.93. The van der Waals surface area contributed by atoms with Crippen molar-refractivity contribution in [1.29, 1.82) is 0 Å². The van der Waals surface area contributed by atoms with E-state index in [1.165, 1.54) is 12.1 Å². The topological polar surface area (TPSA) is 86.7 Å². The summed E-state index contributed by atoms with van der Waals surface area (Å²) < 4.78 is 62.6. The number of aryl methyl sites for hydroxylation is 1. The molecule has 0 saturated carbocycles. The molecule has 1 heterocycles. The van der Waals surface area contributed by atoms with E-state index in [0.29, 0.717) is 19.5 Å². The highest BCUT2D eigenvalue weighted by molar-refractivity contribution is 7.93. The van der Waals surface area contributed by atoms with Gasteiger partial charge >= 0.3 is 6.18 Å². The molecule has 206 valence electrons. The van der Waals surface area contributed by atoms with E-state index in [9.17, 15) is 31.6 Å². The van der Waals surface area contributed by atoms with Crippen LogP contribution in [-0.4, -0.2) is 54.0 Å². The Balaban J connectivity index is 0.00000481. The van der Waals surface area contributed by atoms with E-state index in [0.717, 1.165) is 16.7 Å². The summed E-state index contributed by atoms with van der Waals surface area (Å²) in [6, 6.07) is 13.3. The molecule has 1 aliphatic heterocycles. The number of hydrogen-bond donors (Lipinski definition) is 2. The van der Waals surface area contributed by atoms with E-state index in [4.69, 9.17) is 0 Å². The number of benzene rings is 2. The Labute approximate surface area is 222 Å². The van der Waals surface area contributed by atoms with Crippen LogP contribution >= 0.6 is 12.4 Å². The van der Waals surface area contributed by atoms with Crippen molar-refractivity contribution >= 4 is 28.2 Å². The summed E-state index contributed by atoms with van der Waals surface area (Å²) in [6.07, 6.45) is -4.55. The van der Waals surface area contributed by atoms with Crippen molar-refractivity contribution in [2.24, 2.45) is 0 Å². The molecule has 1 aliphatic rings. The highest BCUT2D eigenvalue weighted by Gasteiger charge is 2.53. The molecule has 37 heavy (non-hydrogen) atoms. The number of nitrogens with zero attached hydrogens (tertiary/aromatic N) is 1. The molecule has 1 fully saturated rings. The van der Waals surface area contributed by atoms with Gasteiger partial charge in [0.05, 0.1) is 4.90 Å². The van der Waals surface area contributed by atoms with Crippen molar-refractivity contribution in [1.82, 2.24) is 10.4 Å². The number of piperidine rings is 1. The Morgan fingerprint density at radius 1 is 0.973 bits per heavy atom. The van der Waals surface area contributed by atoms with Crippen molar-refractivity contribution in [2.45, 2.75) is 74.2 Å². The summed E-state index contributed by atoms with van der Waals surface area (Å²) in [6.45, 7) is 6.85. The van der Waals surface area contributed by atoms with Crippen molar-refractivity contribution in [3.63, 3.8) is 0 Å². The monoisotopic (exact) mass is 562 g/mol. The second-order valence-electron chi connectivity index (χ2n) is 10.3. The summed E-state index contributed by atoms with van der Waals surface area (Å²) in [5.41, 5.74) is 3.71. The van der Waals surface area contributed by atoms with Gasteiger partial charge in [0.15, 0.2) is 14.6 Å². The smallest absolute Gasteiger partial charge is 0.298 e. The number of hydrogen-bond acceptors (Lipinski definition) is 5. The number of hydroxylamine groups is 1. The molecule has 0 atom stereocenters. The third-order valence-corrected chi connectivity index (χ3v) is 9.44. The van der Waals surface area contributed by atoms with Crippen molar-refractivity contribution in [3.05, 3.63) is 54.1 Å². The van der Waals surface area contributed by atoms with E-state index >= 15 is 0 Å². The van der Waals surface area contributed by atoms with Gasteiger partial charge in [-0.15, -0.1) is 12.4 Å². The molecule has 2 aromatic rings. The standard InChI is InChI=1S/C26H33F3N2O4S.ClH/c1-24(2,3)31-17-15-25(16-18-31,23(32)30-33)36(34,35)22-12-10-21(11-13-22)20-8-6-19(7-9-20)5-4-14-26(27,28)29;/h6-13,33H,4-5,14-18H2,1-3H3,(H,30,32);1H. The molecule has 6 nitrogen and oxygen atoms in total. The highest BCUT2D eigenvalue weighted by atomic mass is 35.5. The van der Waals surface area contributed by atoms with E-state index in [1.807, 2.05) is 20.8 Å². The molecular weight excluding hydrogens is 529 g/mol. The molecule has 0 spiro atoms. The zero-order valence-electron chi connectivity index (χ0n) is 21.1. The molecule has 0 aliphatic carbocycles. The van der Waals surface area contributed by atoms with Crippen LogP contribution in [0.4, 0.5) is 13.2 Å². The Bertz CT molecular complexity index is 1150. The Hall–Kier alpha value is -2.14. The fourth-order valence-electron chi connectivity index (χ4n) is 4.67. The molecular formula is C26H34ClF3N2O4S. The number of carbonyl (C=O) groups excluding carboxylic acids is 1. The van der Waals surface area contributed by atoms with Crippen molar-refractivity contribution < 1.29 is 31.6 Å². The summed E-state index contributed by atoms with van der Waals surface area (Å²) >= 11 is 0. The molecule has 1 saturated heterocycles. The number of halogens is 4. The minimum atomic E-state index is -4.16. The van der Waals surface area contributed by atoms with Gasteiger partial charge in [-0.2, -0.15) is 13.2 Å². The predicted octanol–water partition coefficient (Wildman–Crippen LogP) is 5.57. The maximum absolute atomic E-state index is 13.7. The van der Waals surface area contributed by atoms with Gasteiger partial charge in [-0.3, -0.25) is 14.9 Å². The van der Waals surface area contributed by atoms with Crippen LogP contribution in [-0.2, 0) is 21.1 Å². The fourth-order valence-corrected chi connectivity index (χ4v) is 6.62. The number of rotatable bonds is 7. The molecule has 0 radical (unpaired) electrons. The highest BCUT2D eigenvalue weighted by Crippen LogP contribution is 2.38. The average Bonchev–Trinajstić information content (AvgIpc) is 2.82. The first kappa shape index (κ1) is 31.1. The maximum atomic E-state index is 13.7. The van der Waals surface area contributed by atoms with Crippen LogP contribution in [0.5, 0.6) is 0 Å². The zero-order chi connectivity index (χ0) is 26.8. The van der Waals surface area contributed by atoms with Crippen LogP contribution in [0.15, 0.2) is 53.4 Å². The quantitative estimate of drug-likeness (QED) is 0.340. The predicted molar refractivity (Wildman–Crippen MR) is 139 cm³/mol. The minimum absolute atomic E-state index is 0. The number of nitrogens with one attached hydrogen (secondary N) is 1. The van der Waals surface area contributed by atoms with Gasteiger partial charge in [0.25, 0.3) is 5.91 Å². The first-order chi connectivity index (χ1) is 16.7. The maximum Gasteiger partial charge on any atom is 0.389 e. The van der Waals surface area contributed by atoms with Gasteiger partial charge in [-0.05, 0) is 75.3 Å². The lowest BCUT2D eigenvalue weighted by molar-refractivity contribution is -0.135. The lowest BCUT2D eigenvalue weighted by Gasteiger charge is -2.44. The van der Waals surface area contributed by atoms with Gasteiger partial charge in [0, 0.05) is 25.0 Å². The molecule has 11 heteroatoms. The van der Waals surface area contributed by atoms with Crippen LogP contribution < -0.4 is 5.48 Å². The molecule has 0 bridgehead atoms. The van der Waals surface area contributed by atoms with Gasteiger partial charge < -0.3 is 0 Å². The van der Waals surface area contributed by atoms with Crippen molar-refractivity contribution in [2.75, 3.05) is 13.1 Å². The summed E-state index contributed by atoms with van der Waals surface area (Å²) in [4.78, 5) is 14.8. The van der Waals surface area contributed by atoms with Crippen molar-refractivity contribution in [3.8, 4) is 11.1 Å². The molecule has 2 N–H and O–H groups in total. The van der Waals surface area contributed by atoms with E-state index in [-0.39, 0.29) is 42.1 Å². The third kappa shape index (κ3) is 7.04. The minimum Gasteiger partial charge on any atom is -0.298 e. The lowest BCUT2D eigenvalue weighted by atomic mass is 9.91. The van der Waals surface area contributed by atoms with Gasteiger partial charge in [0.1, 0.15) is 0 Å². The molecule has 1 amide bonds. The average molecular weight is 563 g/mol. The fraction of sp³-hybridized carbons (Fsp3) is 0.500. The number of sulfone groups is 1. The number of likely N-dealkylation sites (tertiary alicyclic amines) is 1. The molecule has 0 aromatic heterocycles.